The number of carbonyl (C=O) groups is 1. The van der Waals surface area contributed by atoms with Crippen molar-refractivity contribution < 1.29 is 13.9 Å². The van der Waals surface area contributed by atoms with E-state index < -0.39 is 12.1 Å². The number of nitrogens with zero attached hydrogens (tertiary/aromatic N) is 2. The van der Waals surface area contributed by atoms with Gasteiger partial charge in [0.05, 0.1) is 12.3 Å². The Kier molecular flexibility index (Phi) is 4.80. The van der Waals surface area contributed by atoms with Gasteiger partial charge in [0, 0.05) is 23.4 Å². The molecular formula is C17H18BrFN2O2. The predicted octanol–water partition coefficient (Wildman–Crippen LogP) is 3.77. The molecule has 6 heteroatoms. The van der Waals surface area contributed by atoms with Crippen molar-refractivity contribution in [3.63, 3.8) is 0 Å². The number of fused-ring (bicyclic) bond motifs is 2. The second kappa shape index (κ2) is 6.83. The molecule has 23 heavy (non-hydrogen) atoms. The summed E-state index contributed by atoms with van der Waals surface area (Å²) < 4.78 is 18.4. The van der Waals surface area contributed by atoms with Crippen LogP contribution in [0.2, 0.25) is 0 Å². The fraction of sp³-hybridized carbons (Fsp3) is 0.412. The van der Waals surface area contributed by atoms with Gasteiger partial charge < -0.3 is 4.74 Å². The van der Waals surface area contributed by atoms with Crippen molar-refractivity contribution >= 4 is 27.6 Å². The van der Waals surface area contributed by atoms with Gasteiger partial charge in [0.1, 0.15) is 6.17 Å². The third kappa shape index (κ3) is 3.47. The van der Waals surface area contributed by atoms with Gasteiger partial charge in [0.15, 0.2) is 5.71 Å². The first-order chi connectivity index (χ1) is 11.1. The molecule has 4 nitrogen and oxygen atoms in total. The fourth-order valence-corrected chi connectivity index (χ4v) is 3.25. The Hall–Kier alpha value is -1.69. The minimum atomic E-state index is -0.956. The quantitative estimate of drug-likeness (QED) is 0.552. The first-order valence-electron chi connectivity index (χ1n) is 7.71. The van der Waals surface area contributed by atoms with E-state index in [-0.39, 0.29) is 4.83 Å². The average Bonchev–Trinajstić information content (AvgIpc) is 2.69. The lowest BCUT2D eigenvalue weighted by Gasteiger charge is -2.30. The molecule has 0 fully saturated rings. The molecule has 2 aliphatic carbocycles. The minimum Gasteiger partial charge on any atom is -0.461 e. The zero-order valence-corrected chi connectivity index (χ0v) is 14.4. The SMILES string of the molecule is CCOC(=O)C1=NN(C2=CCC(F)C=C2)C2=CCC(Br)C=C1C2. The molecule has 1 heterocycles. The number of alkyl halides is 2. The lowest BCUT2D eigenvalue weighted by atomic mass is 10.0. The molecule has 0 aromatic carbocycles. The number of hydrogen-bond acceptors (Lipinski definition) is 4. The van der Waals surface area contributed by atoms with Crippen LogP contribution in [-0.2, 0) is 9.53 Å². The molecule has 2 atom stereocenters. The standard InChI is InChI=1S/C17H18BrFN2O2/c1-2-23-17(22)16-11-9-12(18)3-6-15(10-11)21(20-16)14-7-4-13(19)5-8-14/h4,6-9,12-13H,2-3,5,10H2,1H3. The van der Waals surface area contributed by atoms with Crippen LogP contribution in [0.1, 0.15) is 26.2 Å². The normalized spacial score (nSPS) is 26.7. The van der Waals surface area contributed by atoms with E-state index in [0.29, 0.717) is 25.2 Å². The molecule has 2 unspecified atom stereocenters. The average molecular weight is 381 g/mol. The van der Waals surface area contributed by atoms with E-state index in [1.807, 2.05) is 12.2 Å². The molecule has 2 bridgehead atoms. The summed E-state index contributed by atoms with van der Waals surface area (Å²) in [6, 6.07) is 0. The van der Waals surface area contributed by atoms with Gasteiger partial charge in [-0.2, -0.15) is 5.10 Å². The van der Waals surface area contributed by atoms with Gasteiger partial charge in [-0.15, -0.1) is 0 Å². The highest BCUT2D eigenvalue weighted by molar-refractivity contribution is 9.09. The van der Waals surface area contributed by atoms with Crippen LogP contribution in [0.5, 0.6) is 0 Å². The third-order valence-corrected chi connectivity index (χ3v) is 4.49. The van der Waals surface area contributed by atoms with Crippen LogP contribution in [0.25, 0.3) is 0 Å². The lowest BCUT2D eigenvalue weighted by Crippen LogP contribution is -2.31. The number of carbonyl (C=O) groups excluding carboxylic acids is 1. The number of ether oxygens (including phenoxy) is 1. The molecule has 0 spiro atoms. The number of hydrazone groups is 1. The Morgan fingerprint density at radius 3 is 3.00 bits per heavy atom. The van der Waals surface area contributed by atoms with Gasteiger partial charge in [-0.25, -0.2) is 14.2 Å². The smallest absolute Gasteiger partial charge is 0.359 e. The molecule has 0 amide bonds. The molecule has 122 valence electrons. The molecule has 0 N–H and O–H groups in total. The highest BCUT2D eigenvalue weighted by atomic mass is 79.9. The molecule has 0 saturated carbocycles. The van der Waals surface area contributed by atoms with Gasteiger partial charge in [0.2, 0.25) is 0 Å². The highest BCUT2D eigenvalue weighted by Gasteiger charge is 2.31. The van der Waals surface area contributed by atoms with Crippen LogP contribution in [0.4, 0.5) is 4.39 Å². The van der Waals surface area contributed by atoms with E-state index in [1.165, 1.54) is 6.08 Å². The number of allylic oxidation sites excluding steroid dienone is 6. The molecular weight excluding hydrogens is 363 g/mol. The van der Waals surface area contributed by atoms with Crippen molar-refractivity contribution in [2.24, 2.45) is 5.10 Å². The topological polar surface area (TPSA) is 41.9 Å². The summed E-state index contributed by atoms with van der Waals surface area (Å²) in [4.78, 5) is 12.4. The number of halogens is 2. The van der Waals surface area contributed by atoms with E-state index in [9.17, 15) is 9.18 Å². The van der Waals surface area contributed by atoms with Crippen molar-refractivity contribution in [1.29, 1.82) is 0 Å². The van der Waals surface area contributed by atoms with Crippen molar-refractivity contribution in [3.8, 4) is 0 Å². The number of esters is 1. The van der Waals surface area contributed by atoms with Gasteiger partial charge in [0.25, 0.3) is 0 Å². The van der Waals surface area contributed by atoms with Gasteiger partial charge in [-0.05, 0) is 31.1 Å². The van der Waals surface area contributed by atoms with Gasteiger partial charge >= 0.3 is 5.97 Å². The van der Waals surface area contributed by atoms with E-state index in [1.54, 1.807) is 18.0 Å². The summed E-state index contributed by atoms with van der Waals surface area (Å²) >= 11 is 3.59. The maximum absolute atomic E-state index is 13.3. The van der Waals surface area contributed by atoms with Crippen LogP contribution < -0.4 is 0 Å². The largest absolute Gasteiger partial charge is 0.461 e. The van der Waals surface area contributed by atoms with Crippen LogP contribution in [0.3, 0.4) is 0 Å². The Morgan fingerprint density at radius 2 is 2.30 bits per heavy atom. The predicted molar refractivity (Wildman–Crippen MR) is 90.8 cm³/mol. The molecule has 0 aromatic rings. The van der Waals surface area contributed by atoms with E-state index in [0.717, 1.165) is 23.4 Å². The first-order valence-corrected chi connectivity index (χ1v) is 8.62. The number of hydrogen-bond donors (Lipinski definition) is 0. The molecule has 0 aromatic heterocycles. The first kappa shape index (κ1) is 16.2. The summed E-state index contributed by atoms with van der Waals surface area (Å²) in [5.41, 5.74) is 2.99. The maximum Gasteiger partial charge on any atom is 0.359 e. The van der Waals surface area contributed by atoms with Crippen LogP contribution >= 0.6 is 15.9 Å². The molecule has 0 radical (unpaired) electrons. The highest BCUT2D eigenvalue weighted by Crippen LogP contribution is 2.34. The molecule has 3 aliphatic rings. The van der Waals surface area contributed by atoms with E-state index >= 15 is 0 Å². The Bertz CT molecular complexity index is 664. The van der Waals surface area contributed by atoms with Gasteiger partial charge in [-0.1, -0.05) is 34.2 Å². The van der Waals surface area contributed by atoms with Crippen molar-refractivity contribution in [2.45, 2.75) is 37.2 Å². The molecule has 3 rings (SSSR count). The monoisotopic (exact) mass is 380 g/mol. The van der Waals surface area contributed by atoms with Crippen LogP contribution in [0, 0.1) is 0 Å². The molecule has 0 saturated heterocycles. The zero-order chi connectivity index (χ0) is 16.4. The second-order valence-corrected chi connectivity index (χ2v) is 6.71. The van der Waals surface area contributed by atoms with Crippen molar-refractivity contribution in [1.82, 2.24) is 5.01 Å². The Balaban J connectivity index is 2.00. The summed E-state index contributed by atoms with van der Waals surface area (Å²) in [5.74, 6) is -0.423. The van der Waals surface area contributed by atoms with E-state index in [2.05, 4.69) is 27.1 Å². The van der Waals surface area contributed by atoms with Crippen LogP contribution in [0.15, 0.2) is 52.4 Å². The maximum atomic E-state index is 13.3. The third-order valence-electron chi connectivity index (χ3n) is 3.85. The second-order valence-electron chi connectivity index (χ2n) is 5.54. The zero-order valence-electron chi connectivity index (χ0n) is 12.8. The Labute approximate surface area is 143 Å². The fourth-order valence-electron chi connectivity index (χ4n) is 2.75. The minimum absolute atomic E-state index is 0.153. The summed E-state index contributed by atoms with van der Waals surface area (Å²) in [6.07, 6.45) is 9.95. The van der Waals surface area contributed by atoms with E-state index in [4.69, 9.17) is 4.74 Å². The molecule has 1 aliphatic heterocycles. The van der Waals surface area contributed by atoms with Crippen molar-refractivity contribution in [3.05, 3.63) is 47.3 Å². The number of rotatable bonds is 3. The van der Waals surface area contributed by atoms with Gasteiger partial charge in [-0.3, -0.25) is 0 Å². The van der Waals surface area contributed by atoms with Crippen molar-refractivity contribution in [2.75, 3.05) is 6.61 Å². The summed E-state index contributed by atoms with van der Waals surface area (Å²) in [6.45, 7) is 2.07. The summed E-state index contributed by atoms with van der Waals surface area (Å²) in [7, 11) is 0. The lowest BCUT2D eigenvalue weighted by molar-refractivity contribution is -0.135. The summed E-state index contributed by atoms with van der Waals surface area (Å²) in [5, 5.41) is 6.24. The Morgan fingerprint density at radius 1 is 1.48 bits per heavy atom. The van der Waals surface area contributed by atoms with Crippen LogP contribution in [-0.4, -0.2) is 34.3 Å².